The van der Waals surface area contributed by atoms with Crippen molar-refractivity contribution in [3.05, 3.63) is 48.0 Å². The molecule has 0 radical (unpaired) electrons. The maximum absolute atomic E-state index is 12.2. The number of nitrogens with one attached hydrogen (secondary N) is 2. The van der Waals surface area contributed by atoms with Crippen molar-refractivity contribution in [1.82, 2.24) is 10.6 Å². The van der Waals surface area contributed by atoms with Crippen LogP contribution in [0.1, 0.15) is 50.5 Å². The Morgan fingerprint density at radius 2 is 1.78 bits per heavy atom. The lowest BCUT2D eigenvalue weighted by Gasteiger charge is -2.30. The molecular weight excluding hydrogens is 408 g/mol. The minimum Gasteiger partial charge on any atom is -0.481 e. The summed E-state index contributed by atoms with van der Waals surface area (Å²) < 4.78 is 5.13. The van der Waals surface area contributed by atoms with Crippen LogP contribution in [0.2, 0.25) is 0 Å². The van der Waals surface area contributed by atoms with Crippen molar-refractivity contribution in [3.8, 4) is 0 Å². The van der Waals surface area contributed by atoms with E-state index >= 15 is 0 Å². The van der Waals surface area contributed by atoms with Crippen molar-refractivity contribution in [2.24, 2.45) is 23.7 Å². The van der Waals surface area contributed by atoms with Gasteiger partial charge in [-0.15, -0.1) is 0 Å². The van der Waals surface area contributed by atoms with Crippen molar-refractivity contribution in [1.29, 1.82) is 0 Å². The van der Waals surface area contributed by atoms with E-state index in [1.807, 2.05) is 30.3 Å². The van der Waals surface area contributed by atoms with Gasteiger partial charge in [-0.3, -0.25) is 9.59 Å². The second kappa shape index (κ2) is 12.3. The summed E-state index contributed by atoms with van der Waals surface area (Å²) in [6.07, 6.45) is 10.1. The van der Waals surface area contributed by atoms with Gasteiger partial charge in [0.1, 0.15) is 6.61 Å². The summed E-state index contributed by atoms with van der Waals surface area (Å²) in [6, 6.07) is 9.39. The number of carboxylic acids is 1. The third-order valence-electron chi connectivity index (χ3n) is 6.75. The van der Waals surface area contributed by atoms with Crippen LogP contribution < -0.4 is 10.6 Å². The van der Waals surface area contributed by atoms with E-state index in [4.69, 9.17) is 9.84 Å². The average Bonchev–Trinajstić information content (AvgIpc) is 3.39. The zero-order valence-electron chi connectivity index (χ0n) is 18.5. The van der Waals surface area contributed by atoms with Crippen LogP contribution >= 0.6 is 0 Å². The molecule has 32 heavy (non-hydrogen) atoms. The number of fused-ring (bicyclic) bond motifs is 2. The summed E-state index contributed by atoms with van der Waals surface area (Å²) in [6.45, 7) is 0.714. The van der Waals surface area contributed by atoms with Crippen LogP contribution in [0.3, 0.4) is 0 Å². The molecule has 0 spiro atoms. The fourth-order valence-corrected chi connectivity index (χ4v) is 5.18. The molecule has 0 aliphatic heterocycles. The molecule has 0 heterocycles. The first-order valence-corrected chi connectivity index (χ1v) is 11.6. The molecule has 2 aliphatic carbocycles. The van der Waals surface area contributed by atoms with Gasteiger partial charge in [0.05, 0.1) is 6.54 Å². The largest absolute Gasteiger partial charge is 0.481 e. The van der Waals surface area contributed by atoms with Gasteiger partial charge in [-0.1, -0.05) is 42.5 Å². The number of hydrogen-bond donors (Lipinski definition) is 3. The molecule has 2 amide bonds. The third-order valence-corrected chi connectivity index (χ3v) is 6.75. The van der Waals surface area contributed by atoms with E-state index < -0.39 is 12.1 Å². The third kappa shape index (κ3) is 7.39. The number of carbonyl (C=O) groups excluding carboxylic acids is 2. The van der Waals surface area contributed by atoms with E-state index in [0.29, 0.717) is 30.7 Å². The fourth-order valence-electron chi connectivity index (χ4n) is 5.18. The number of allylic oxidation sites excluding steroid dienone is 2. The van der Waals surface area contributed by atoms with Gasteiger partial charge in [-0.2, -0.15) is 0 Å². The summed E-state index contributed by atoms with van der Waals surface area (Å²) in [7, 11) is 0. The summed E-state index contributed by atoms with van der Waals surface area (Å²) in [5.41, 5.74) is 0.894. The highest BCUT2D eigenvalue weighted by molar-refractivity contribution is 5.82. The standard InChI is InChI=1S/C25H34N2O5/c28-23(16-27-25(31)32-17-18-8-4-3-5-9-18)26-15-22-20-13-12-19(14-20)21(22)10-6-1-2-7-11-24(29)30/h1,3-6,8-9,19-22H,2,7,10-17H2,(H,26,28)(H,27,31)(H,29,30)/b6-1-/t19-,20+,21-,22+/m0/s1. The fraction of sp³-hybridized carbons (Fsp3) is 0.560. The molecule has 2 saturated carbocycles. The molecule has 4 atom stereocenters. The molecule has 2 bridgehead atoms. The molecule has 3 N–H and O–H groups in total. The second-order valence-electron chi connectivity index (χ2n) is 8.87. The van der Waals surface area contributed by atoms with Crippen molar-refractivity contribution >= 4 is 18.0 Å². The zero-order chi connectivity index (χ0) is 22.8. The van der Waals surface area contributed by atoms with E-state index in [-0.39, 0.29) is 25.5 Å². The number of unbranched alkanes of at least 4 members (excludes halogenated alkanes) is 1. The van der Waals surface area contributed by atoms with E-state index in [1.54, 1.807) is 0 Å². The number of alkyl carbamates (subject to hydrolysis) is 1. The first kappa shape index (κ1) is 23.8. The lowest BCUT2D eigenvalue weighted by Crippen LogP contribution is -2.41. The molecule has 7 nitrogen and oxygen atoms in total. The zero-order valence-corrected chi connectivity index (χ0v) is 18.5. The molecule has 7 heteroatoms. The van der Waals surface area contributed by atoms with Crippen molar-refractivity contribution < 1.29 is 24.2 Å². The van der Waals surface area contributed by atoms with Crippen molar-refractivity contribution in [2.75, 3.05) is 13.1 Å². The topological polar surface area (TPSA) is 105 Å². The number of amides is 2. The molecular formula is C25H34N2O5. The summed E-state index contributed by atoms with van der Waals surface area (Å²) >= 11 is 0. The lowest BCUT2D eigenvalue weighted by atomic mass is 9.77. The van der Waals surface area contributed by atoms with Gasteiger partial charge >= 0.3 is 12.1 Å². The summed E-state index contributed by atoms with van der Waals surface area (Å²) in [5.74, 6) is 1.46. The van der Waals surface area contributed by atoms with Crippen molar-refractivity contribution in [3.63, 3.8) is 0 Å². The minimum absolute atomic E-state index is 0.0947. The Bertz CT molecular complexity index is 795. The highest BCUT2D eigenvalue weighted by Crippen LogP contribution is 2.53. The van der Waals surface area contributed by atoms with Gasteiger partial charge in [0.25, 0.3) is 0 Å². The minimum atomic E-state index is -0.749. The number of benzene rings is 1. The number of aliphatic carboxylic acids is 1. The highest BCUT2D eigenvalue weighted by Gasteiger charge is 2.46. The molecule has 0 unspecified atom stereocenters. The smallest absolute Gasteiger partial charge is 0.407 e. The van der Waals surface area contributed by atoms with E-state index in [0.717, 1.165) is 24.3 Å². The first-order valence-electron chi connectivity index (χ1n) is 11.6. The van der Waals surface area contributed by atoms with Gasteiger partial charge in [-0.05, 0) is 67.8 Å². The number of carbonyl (C=O) groups is 3. The maximum atomic E-state index is 12.2. The predicted molar refractivity (Wildman–Crippen MR) is 121 cm³/mol. The Hall–Kier alpha value is -2.83. The number of rotatable bonds is 12. The van der Waals surface area contributed by atoms with Crippen LogP contribution in [-0.2, 0) is 20.9 Å². The first-order chi connectivity index (χ1) is 15.5. The second-order valence-corrected chi connectivity index (χ2v) is 8.87. The van der Waals surface area contributed by atoms with Gasteiger partial charge in [0.15, 0.2) is 0 Å². The average molecular weight is 443 g/mol. The van der Waals surface area contributed by atoms with E-state index in [9.17, 15) is 14.4 Å². The SMILES string of the molecule is O=C(O)CCC/C=C\C[C@H]1[C@H]2CC[C@H](C2)[C@H]1CNC(=O)CNC(=O)OCc1ccccc1. The van der Waals surface area contributed by atoms with Gasteiger partial charge in [-0.25, -0.2) is 4.79 Å². The maximum Gasteiger partial charge on any atom is 0.407 e. The molecule has 1 aromatic rings. The molecule has 0 aromatic heterocycles. The normalized spacial score (nSPS) is 23.9. The Morgan fingerprint density at radius 3 is 2.53 bits per heavy atom. The van der Waals surface area contributed by atoms with Crippen LogP contribution in [0.15, 0.2) is 42.5 Å². The van der Waals surface area contributed by atoms with Crippen LogP contribution in [0.4, 0.5) is 4.79 Å². The van der Waals surface area contributed by atoms with Gasteiger partial charge < -0.3 is 20.5 Å². The molecule has 1 aromatic carbocycles. The Kier molecular flexibility index (Phi) is 9.13. The number of ether oxygens (including phenoxy) is 1. The van der Waals surface area contributed by atoms with Gasteiger partial charge in [0, 0.05) is 13.0 Å². The van der Waals surface area contributed by atoms with Crippen LogP contribution in [-0.4, -0.2) is 36.2 Å². The van der Waals surface area contributed by atoms with E-state index in [1.165, 1.54) is 19.3 Å². The molecule has 0 saturated heterocycles. The Morgan fingerprint density at radius 1 is 1.03 bits per heavy atom. The molecule has 3 rings (SSSR count). The monoisotopic (exact) mass is 442 g/mol. The molecule has 174 valence electrons. The summed E-state index contributed by atoms with van der Waals surface area (Å²) in [4.78, 5) is 34.6. The predicted octanol–water partition coefficient (Wildman–Crippen LogP) is 3.89. The summed E-state index contributed by atoms with van der Waals surface area (Å²) in [5, 5.41) is 14.2. The van der Waals surface area contributed by atoms with Crippen molar-refractivity contribution in [2.45, 2.75) is 51.6 Å². The highest BCUT2D eigenvalue weighted by atomic mass is 16.5. The molecule has 2 aliphatic rings. The molecule has 2 fully saturated rings. The van der Waals surface area contributed by atoms with Crippen LogP contribution in [0, 0.1) is 23.7 Å². The number of hydrogen-bond acceptors (Lipinski definition) is 4. The number of carboxylic acid groups (broad SMARTS) is 1. The van der Waals surface area contributed by atoms with Gasteiger partial charge in [0.2, 0.25) is 5.91 Å². The van der Waals surface area contributed by atoms with E-state index in [2.05, 4.69) is 22.8 Å². The van der Waals surface area contributed by atoms with Crippen LogP contribution in [0.25, 0.3) is 0 Å². The Balaban J connectivity index is 1.34. The lowest BCUT2D eigenvalue weighted by molar-refractivity contribution is -0.137. The quantitative estimate of drug-likeness (QED) is 0.336. The Labute approximate surface area is 189 Å². The van der Waals surface area contributed by atoms with Crippen LogP contribution in [0.5, 0.6) is 0 Å².